The molecule has 0 aliphatic carbocycles. The number of hydrogen-bond acceptors (Lipinski definition) is 7. The van der Waals surface area contributed by atoms with Crippen molar-refractivity contribution in [2.24, 2.45) is 0 Å². The number of ether oxygens (including phenoxy) is 2. The Hall–Kier alpha value is -1.73. The van der Waals surface area contributed by atoms with Crippen molar-refractivity contribution in [3.63, 3.8) is 0 Å². The number of hydrogen-bond donors (Lipinski definition) is 0. The maximum atomic E-state index is 11.9. The Morgan fingerprint density at radius 2 is 2.40 bits per heavy atom. The first-order chi connectivity index (χ1) is 9.70. The lowest BCUT2D eigenvalue weighted by Crippen LogP contribution is -2.51. The molecule has 1 atom stereocenters. The van der Waals surface area contributed by atoms with Crippen LogP contribution in [0, 0.1) is 6.92 Å². The van der Waals surface area contributed by atoms with Gasteiger partial charge in [-0.3, -0.25) is 0 Å². The summed E-state index contributed by atoms with van der Waals surface area (Å²) in [6.45, 7) is 3.54. The van der Waals surface area contributed by atoms with E-state index < -0.39 is 6.04 Å². The molecule has 1 unspecified atom stereocenters. The second-order valence-corrected chi connectivity index (χ2v) is 5.82. The van der Waals surface area contributed by atoms with Crippen LogP contribution in [0.2, 0.25) is 0 Å². The van der Waals surface area contributed by atoms with Gasteiger partial charge in [-0.25, -0.2) is 14.8 Å². The van der Waals surface area contributed by atoms with Crippen LogP contribution in [-0.4, -0.2) is 48.8 Å². The van der Waals surface area contributed by atoms with E-state index in [1.165, 1.54) is 18.3 Å². The number of methoxy groups -OCH3 is 1. The highest BCUT2D eigenvalue weighted by Crippen LogP contribution is 2.31. The van der Waals surface area contributed by atoms with Crippen LogP contribution in [0.15, 0.2) is 12.4 Å². The Morgan fingerprint density at radius 3 is 3.20 bits per heavy atom. The second-order valence-electron chi connectivity index (χ2n) is 4.58. The third-order valence-electron chi connectivity index (χ3n) is 3.31. The van der Waals surface area contributed by atoms with Crippen molar-refractivity contribution in [1.29, 1.82) is 0 Å². The first-order valence-electron chi connectivity index (χ1n) is 6.34. The number of esters is 1. The van der Waals surface area contributed by atoms with Crippen LogP contribution >= 0.6 is 11.3 Å². The lowest BCUT2D eigenvalue weighted by molar-refractivity contribution is -0.144. The first kappa shape index (κ1) is 13.3. The Balaban J connectivity index is 2.05. The zero-order valence-corrected chi connectivity index (χ0v) is 12.1. The molecule has 7 heteroatoms. The fourth-order valence-corrected chi connectivity index (χ4v) is 3.22. The average molecular weight is 293 g/mol. The SMILES string of the molecule is COC(=O)C1COCCN1c1ncnc2sc(C)cc12. The van der Waals surface area contributed by atoms with Gasteiger partial charge in [0.25, 0.3) is 0 Å². The molecule has 0 amide bonds. The van der Waals surface area contributed by atoms with Gasteiger partial charge in [-0.05, 0) is 13.0 Å². The summed E-state index contributed by atoms with van der Waals surface area (Å²) in [7, 11) is 1.39. The van der Waals surface area contributed by atoms with Gasteiger partial charge in [0.1, 0.15) is 17.0 Å². The Kier molecular flexibility index (Phi) is 3.54. The molecule has 0 spiro atoms. The van der Waals surface area contributed by atoms with Crippen LogP contribution in [0.3, 0.4) is 0 Å². The normalized spacial score (nSPS) is 19.3. The fourth-order valence-electron chi connectivity index (χ4n) is 2.38. The topological polar surface area (TPSA) is 64.6 Å². The quantitative estimate of drug-likeness (QED) is 0.779. The highest BCUT2D eigenvalue weighted by atomic mass is 32.1. The number of rotatable bonds is 2. The van der Waals surface area contributed by atoms with Gasteiger partial charge < -0.3 is 14.4 Å². The van der Waals surface area contributed by atoms with Gasteiger partial charge in [0.15, 0.2) is 6.04 Å². The van der Waals surface area contributed by atoms with Gasteiger partial charge in [0, 0.05) is 11.4 Å². The van der Waals surface area contributed by atoms with Gasteiger partial charge in [-0.1, -0.05) is 0 Å². The van der Waals surface area contributed by atoms with Crippen molar-refractivity contribution in [1.82, 2.24) is 9.97 Å². The summed E-state index contributed by atoms with van der Waals surface area (Å²) in [6.07, 6.45) is 1.54. The summed E-state index contributed by atoms with van der Waals surface area (Å²) in [5, 5.41) is 0.978. The predicted molar refractivity (Wildman–Crippen MR) is 76.1 cm³/mol. The number of fused-ring (bicyclic) bond motifs is 1. The molecule has 20 heavy (non-hydrogen) atoms. The molecule has 1 saturated heterocycles. The van der Waals surface area contributed by atoms with Gasteiger partial charge in [-0.15, -0.1) is 11.3 Å². The lowest BCUT2D eigenvalue weighted by Gasteiger charge is -2.34. The van der Waals surface area contributed by atoms with Gasteiger partial charge in [-0.2, -0.15) is 0 Å². The Bertz CT molecular complexity index is 643. The number of carbonyl (C=O) groups excluding carboxylic acids is 1. The molecule has 6 nitrogen and oxygen atoms in total. The summed E-state index contributed by atoms with van der Waals surface area (Å²) in [5.74, 6) is 0.474. The van der Waals surface area contributed by atoms with Crippen LogP contribution in [0.25, 0.3) is 10.2 Å². The molecular weight excluding hydrogens is 278 g/mol. The fraction of sp³-hybridized carbons (Fsp3) is 0.462. The molecular formula is C13H15N3O3S. The van der Waals surface area contributed by atoms with Crippen LogP contribution in [0.1, 0.15) is 4.88 Å². The summed E-state index contributed by atoms with van der Waals surface area (Å²) in [4.78, 5) is 24.6. The van der Waals surface area contributed by atoms with Crippen molar-refractivity contribution in [3.05, 3.63) is 17.3 Å². The smallest absolute Gasteiger partial charge is 0.330 e. The molecule has 2 aromatic heterocycles. The zero-order valence-electron chi connectivity index (χ0n) is 11.3. The molecule has 0 saturated carbocycles. The largest absolute Gasteiger partial charge is 0.467 e. The molecule has 0 N–H and O–H groups in total. The van der Waals surface area contributed by atoms with Crippen molar-refractivity contribution in [2.75, 3.05) is 31.8 Å². The van der Waals surface area contributed by atoms with Gasteiger partial charge in [0.05, 0.1) is 25.7 Å². The number of carbonyl (C=O) groups is 1. The molecule has 1 fully saturated rings. The average Bonchev–Trinajstić information content (AvgIpc) is 2.86. The number of thiophene rings is 1. The van der Waals surface area contributed by atoms with E-state index in [1.54, 1.807) is 11.3 Å². The minimum Gasteiger partial charge on any atom is -0.467 e. The van der Waals surface area contributed by atoms with E-state index in [9.17, 15) is 4.79 Å². The van der Waals surface area contributed by atoms with E-state index >= 15 is 0 Å². The summed E-state index contributed by atoms with van der Waals surface area (Å²) in [6, 6.07) is 1.60. The van der Waals surface area contributed by atoms with Crippen LogP contribution in [0.4, 0.5) is 5.82 Å². The van der Waals surface area contributed by atoms with E-state index in [1.807, 2.05) is 11.8 Å². The molecule has 3 rings (SSSR count). The van der Waals surface area contributed by atoms with Crippen LogP contribution < -0.4 is 4.90 Å². The van der Waals surface area contributed by atoms with Crippen molar-refractivity contribution in [2.45, 2.75) is 13.0 Å². The van der Waals surface area contributed by atoms with Crippen molar-refractivity contribution >= 4 is 33.3 Å². The van der Waals surface area contributed by atoms with Crippen LogP contribution in [0.5, 0.6) is 0 Å². The van der Waals surface area contributed by atoms with E-state index in [4.69, 9.17) is 9.47 Å². The predicted octanol–water partition coefficient (Wildman–Crippen LogP) is 1.38. The Morgan fingerprint density at radius 1 is 1.55 bits per heavy atom. The third-order valence-corrected chi connectivity index (χ3v) is 4.26. The van der Waals surface area contributed by atoms with Gasteiger partial charge in [0.2, 0.25) is 0 Å². The number of anilines is 1. The molecule has 0 aromatic carbocycles. The highest BCUT2D eigenvalue weighted by Gasteiger charge is 2.32. The summed E-state index contributed by atoms with van der Waals surface area (Å²) in [5.41, 5.74) is 0. The van der Waals surface area contributed by atoms with Crippen LogP contribution in [-0.2, 0) is 14.3 Å². The zero-order chi connectivity index (χ0) is 14.1. The summed E-state index contributed by atoms with van der Waals surface area (Å²) < 4.78 is 10.2. The second kappa shape index (κ2) is 5.34. The van der Waals surface area contributed by atoms with Gasteiger partial charge >= 0.3 is 5.97 Å². The van der Waals surface area contributed by atoms with E-state index in [0.29, 0.717) is 19.8 Å². The number of aryl methyl sites for hydroxylation is 1. The molecule has 0 radical (unpaired) electrons. The van der Waals surface area contributed by atoms with E-state index in [-0.39, 0.29) is 5.97 Å². The molecule has 3 heterocycles. The maximum absolute atomic E-state index is 11.9. The standard InChI is InChI=1S/C13H15N3O3S/c1-8-5-9-11(14-7-15-12(9)20-8)16-3-4-19-6-10(16)13(17)18-2/h5,7,10H,3-4,6H2,1-2H3. The third kappa shape index (κ3) is 2.23. The highest BCUT2D eigenvalue weighted by molar-refractivity contribution is 7.18. The number of nitrogens with zero attached hydrogens (tertiary/aromatic N) is 3. The minimum atomic E-state index is -0.452. The molecule has 0 bridgehead atoms. The minimum absolute atomic E-state index is 0.302. The van der Waals surface area contributed by atoms with E-state index in [0.717, 1.165) is 16.0 Å². The number of aromatic nitrogens is 2. The van der Waals surface area contributed by atoms with E-state index in [2.05, 4.69) is 16.0 Å². The maximum Gasteiger partial charge on any atom is 0.330 e. The number of morpholine rings is 1. The van der Waals surface area contributed by atoms with Crippen molar-refractivity contribution in [3.8, 4) is 0 Å². The molecule has 1 aliphatic rings. The molecule has 1 aliphatic heterocycles. The Labute approximate surface area is 120 Å². The lowest BCUT2D eigenvalue weighted by atomic mass is 10.2. The van der Waals surface area contributed by atoms with Crippen molar-refractivity contribution < 1.29 is 14.3 Å². The molecule has 2 aromatic rings. The first-order valence-corrected chi connectivity index (χ1v) is 7.15. The monoisotopic (exact) mass is 293 g/mol. The summed E-state index contributed by atoms with van der Waals surface area (Å²) >= 11 is 1.62. The molecule has 106 valence electrons.